The van der Waals surface area contributed by atoms with Gasteiger partial charge >= 0.3 is 0 Å². The number of amides is 1. The van der Waals surface area contributed by atoms with Gasteiger partial charge in [0.05, 0.1) is 0 Å². The molecular weight excluding hydrogens is 132 g/mol. The van der Waals surface area contributed by atoms with Crippen molar-refractivity contribution in [1.82, 2.24) is 10.9 Å². The summed E-state index contributed by atoms with van der Waals surface area (Å²) in [5, 5.41) is 9.41. The van der Waals surface area contributed by atoms with Gasteiger partial charge in [-0.15, -0.1) is 0 Å². The molecule has 1 heterocycles. The molecular formula is C6H10N2O2. The molecule has 0 aromatic rings. The molecule has 10 heavy (non-hydrogen) atoms. The second-order valence-electron chi connectivity index (χ2n) is 2.21. The molecule has 1 aliphatic heterocycles. The molecule has 0 saturated carbocycles. The molecule has 0 aliphatic carbocycles. The summed E-state index contributed by atoms with van der Waals surface area (Å²) in [6.45, 7) is 1.75. The standard InChI is InChI=1S/C6H10N2O2/c1-2-6(10)3-4-7-8-5(6)9/h3-4,7,10H,2H2,1H3,(H,8,9). The number of nitrogens with one attached hydrogen (secondary N) is 2. The first kappa shape index (κ1) is 7.08. The Morgan fingerprint density at radius 2 is 2.50 bits per heavy atom. The molecule has 1 rings (SSSR count). The minimum absolute atomic E-state index is 0.386. The molecule has 0 spiro atoms. The quantitative estimate of drug-likeness (QED) is 0.452. The van der Waals surface area contributed by atoms with Gasteiger partial charge in [0, 0.05) is 6.20 Å². The first-order valence-corrected chi connectivity index (χ1v) is 3.15. The molecule has 1 amide bonds. The maximum Gasteiger partial charge on any atom is 0.274 e. The summed E-state index contributed by atoms with van der Waals surface area (Å²) in [5.41, 5.74) is 3.47. The van der Waals surface area contributed by atoms with Crippen molar-refractivity contribution >= 4 is 5.91 Å². The first-order chi connectivity index (χ1) is 4.69. The summed E-state index contributed by atoms with van der Waals surface area (Å²) in [5.74, 6) is -0.405. The zero-order valence-electron chi connectivity index (χ0n) is 5.72. The van der Waals surface area contributed by atoms with E-state index in [1.54, 1.807) is 6.92 Å². The fourth-order valence-corrected chi connectivity index (χ4v) is 0.749. The lowest BCUT2D eigenvalue weighted by Crippen LogP contribution is -2.52. The van der Waals surface area contributed by atoms with Gasteiger partial charge in [0.25, 0.3) is 5.91 Å². The van der Waals surface area contributed by atoms with Crippen LogP contribution in [0.2, 0.25) is 0 Å². The lowest BCUT2D eigenvalue weighted by molar-refractivity contribution is -0.137. The monoisotopic (exact) mass is 142 g/mol. The van der Waals surface area contributed by atoms with Crippen LogP contribution in [0.25, 0.3) is 0 Å². The fraction of sp³-hybridized carbons (Fsp3) is 0.500. The second kappa shape index (κ2) is 2.30. The number of hydrogen-bond acceptors (Lipinski definition) is 3. The van der Waals surface area contributed by atoms with E-state index in [4.69, 9.17) is 0 Å². The largest absolute Gasteiger partial charge is 0.376 e. The lowest BCUT2D eigenvalue weighted by atomic mass is 9.99. The van der Waals surface area contributed by atoms with E-state index in [2.05, 4.69) is 10.9 Å². The third-order valence-electron chi connectivity index (χ3n) is 1.56. The Kier molecular flexibility index (Phi) is 1.63. The van der Waals surface area contributed by atoms with Crippen LogP contribution in [0.5, 0.6) is 0 Å². The summed E-state index contributed by atoms with van der Waals surface area (Å²) < 4.78 is 0. The van der Waals surface area contributed by atoms with Gasteiger partial charge < -0.3 is 10.5 Å². The van der Waals surface area contributed by atoms with Gasteiger partial charge in [-0.25, -0.2) is 0 Å². The van der Waals surface area contributed by atoms with Gasteiger partial charge in [-0.05, 0) is 12.5 Å². The number of carbonyl (C=O) groups excluding carboxylic acids is 1. The Morgan fingerprint density at radius 3 is 2.90 bits per heavy atom. The van der Waals surface area contributed by atoms with E-state index in [1.807, 2.05) is 0 Å². The van der Waals surface area contributed by atoms with E-state index in [1.165, 1.54) is 12.3 Å². The smallest absolute Gasteiger partial charge is 0.274 e. The highest BCUT2D eigenvalue weighted by Gasteiger charge is 2.32. The molecule has 4 nitrogen and oxygen atoms in total. The molecule has 4 heteroatoms. The number of carbonyl (C=O) groups is 1. The van der Waals surface area contributed by atoms with Crippen molar-refractivity contribution in [2.45, 2.75) is 18.9 Å². The molecule has 0 saturated heterocycles. The van der Waals surface area contributed by atoms with Gasteiger partial charge in [-0.1, -0.05) is 6.92 Å². The molecule has 0 radical (unpaired) electrons. The van der Waals surface area contributed by atoms with Crippen LogP contribution in [0.4, 0.5) is 0 Å². The van der Waals surface area contributed by atoms with Crippen molar-refractivity contribution in [2.24, 2.45) is 0 Å². The Morgan fingerprint density at radius 1 is 1.80 bits per heavy atom. The Labute approximate surface area is 58.9 Å². The second-order valence-corrected chi connectivity index (χ2v) is 2.21. The summed E-state index contributed by atoms with van der Waals surface area (Å²) in [7, 11) is 0. The van der Waals surface area contributed by atoms with Crippen LogP contribution in [0, 0.1) is 0 Å². The fourth-order valence-electron chi connectivity index (χ4n) is 0.749. The molecule has 0 aromatic carbocycles. The topological polar surface area (TPSA) is 61.4 Å². The van der Waals surface area contributed by atoms with Crippen LogP contribution in [0.15, 0.2) is 12.3 Å². The Bertz CT molecular complexity index is 179. The van der Waals surface area contributed by atoms with E-state index >= 15 is 0 Å². The van der Waals surface area contributed by atoms with E-state index < -0.39 is 11.5 Å². The zero-order valence-corrected chi connectivity index (χ0v) is 5.72. The number of hydrogen-bond donors (Lipinski definition) is 3. The van der Waals surface area contributed by atoms with E-state index in [0.717, 1.165) is 0 Å². The normalized spacial score (nSPS) is 31.2. The summed E-state index contributed by atoms with van der Waals surface area (Å²) in [4.78, 5) is 10.9. The highest BCUT2D eigenvalue weighted by Crippen LogP contribution is 2.12. The van der Waals surface area contributed by atoms with Gasteiger partial charge in [-0.2, -0.15) is 0 Å². The van der Waals surface area contributed by atoms with Crippen molar-refractivity contribution in [3.63, 3.8) is 0 Å². The Balaban J connectivity index is 2.81. The molecule has 0 bridgehead atoms. The van der Waals surface area contributed by atoms with E-state index in [0.29, 0.717) is 6.42 Å². The van der Waals surface area contributed by atoms with Gasteiger partial charge in [0.15, 0.2) is 5.60 Å². The highest BCUT2D eigenvalue weighted by molar-refractivity contribution is 5.87. The number of hydrazine groups is 1. The molecule has 56 valence electrons. The average molecular weight is 142 g/mol. The summed E-state index contributed by atoms with van der Waals surface area (Å²) >= 11 is 0. The molecule has 0 aromatic heterocycles. The SMILES string of the molecule is CCC1(O)C=CNNC1=O. The predicted molar refractivity (Wildman–Crippen MR) is 35.7 cm³/mol. The van der Waals surface area contributed by atoms with E-state index in [9.17, 15) is 9.90 Å². The lowest BCUT2D eigenvalue weighted by Gasteiger charge is -2.25. The van der Waals surface area contributed by atoms with Crippen LogP contribution < -0.4 is 10.9 Å². The van der Waals surface area contributed by atoms with Crippen molar-refractivity contribution in [3.8, 4) is 0 Å². The van der Waals surface area contributed by atoms with Crippen molar-refractivity contribution in [1.29, 1.82) is 0 Å². The minimum atomic E-state index is -1.31. The maximum absolute atomic E-state index is 10.9. The number of aliphatic hydroxyl groups is 1. The third-order valence-corrected chi connectivity index (χ3v) is 1.56. The van der Waals surface area contributed by atoms with E-state index in [-0.39, 0.29) is 0 Å². The predicted octanol–water partition coefficient (Wildman–Crippen LogP) is -0.724. The van der Waals surface area contributed by atoms with Crippen molar-refractivity contribution in [3.05, 3.63) is 12.3 Å². The highest BCUT2D eigenvalue weighted by atomic mass is 16.3. The molecule has 1 atom stereocenters. The number of rotatable bonds is 1. The van der Waals surface area contributed by atoms with Crippen LogP contribution >= 0.6 is 0 Å². The maximum atomic E-state index is 10.9. The Hall–Kier alpha value is -1.03. The van der Waals surface area contributed by atoms with Crippen LogP contribution in [0.3, 0.4) is 0 Å². The average Bonchev–Trinajstić information content (AvgIpc) is 1.96. The van der Waals surface area contributed by atoms with Crippen LogP contribution in [-0.4, -0.2) is 16.6 Å². The van der Waals surface area contributed by atoms with Crippen molar-refractivity contribution < 1.29 is 9.90 Å². The molecule has 1 unspecified atom stereocenters. The zero-order chi connectivity index (χ0) is 7.61. The van der Waals surface area contributed by atoms with Gasteiger partial charge in [0.2, 0.25) is 0 Å². The minimum Gasteiger partial charge on any atom is -0.376 e. The van der Waals surface area contributed by atoms with Crippen molar-refractivity contribution in [2.75, 3.05) is 0 Å². The van der Waals surface area contributed by atoms with Gasteiger partial charge in [-0.3, -0.25) is 10.2 Å². The third kappa shape index (κ3) is 0.974. The summed E-state index contributed by atoms with van der Waals surface area (Å²) in [6, 6.07) is 0. The molecule has 0 fully saturated rings. The van der Waals surface area contributed by atoms with Crippen LogP contribution in [-0.2, 0) is 4.79 Å². The van der Waals surface area contributed by atoms with Crippen LogP contribution in [0.1, 0.15) is 13.3 Å². The summed E-state index contributed by atoms with van der Waals surface area (Å²) in [6.07, 6.45) is 3.33. The first-order valence-electron chi connectivity index (χ1n) is 3.15. The molecule has 3 N–H and O–H groups in total. The van der Waals surface area contributed by atoms with Gasteiger partial charge in [0.1, 0.15) is 0 Å². The molecule has 1 aliphatic rings.